The van der Waals surface area contributed by atoms with Crippen LogP contribution in [0.15, 0.2) is 42.6 Å². The normalized spacial score (nSPS) is 16.5. The number of likely N-dealkylation sites (tertiary alicyclic amines) is 1. The van der Waals surface area contributed by atoms with Gasteiger partial charge in [-0.15, -0.1) is 0 Å². The minimum absolute atomic E-state index is 0.0757. The molecule has 7 nitrogen and oxygen atoms in total. The Hall–Kier alpha value is -2.93. The number of ether oxygens (including phenoxy) is 1. The summed E-state index contributed by atoms with van der Waals surface area (Å²) in [6, 6.07) is 11.2. The lowest BCUT2D eigenvalue weighted by Gasteiger charge is -2.16. The number of pyridine rings is 1. The monoisotopic (exact) mass is 397 g/mol. The first-order valence-electron chi connectivity index (χ1n) is 9.84. The molecule has 0 spiro atoms. The van der Waals surface area contributed by atoms with Gasteiger partial charge in [0.1, 0.15) is 5.75 Å². The summed E-state index contributed by atoms with van der Waals surface area (Å²) < 4.78 is 5.47. The maximum Gasteiger partial charge on any atom is 0.317 e. The number of carbonyl (C=O) groups excluding carboxylic acids is 1. The number of hydrogen-bond acceptors (Lipinski definition) is 5. The van der Waals surface area contributed by atoms with E-state index in [0.717, 1.165) is 42.9 Å². The van der Waals surface area contributed by atoms with Crippen LogP contribution in [-0.4, -0.2) is 60.2 Å². The largest absolute Gasteiger partial charge is 0.496 e. The van der Waals surface area contributed by atoms with E-state index in [1.807, 2.05) is 35.2 Å². The fourth-order valence-corrected chi connectivity index (χ4v) is 3.76. The van der Waals surface area contributed by atoms with E-state index >= 15 is 0 Å². The van der Waals surface area contributed by atoms with Crippen molar-refractivity contribution in [3.8, 4) is 5.75 Å². The van der Waals surface area contributed by atoms with Gasteiger partial charge in [0.15, 0.2) is 0 Å². The van der Waals surface area contributed by atoms with E-state index in [9.17, 15) is 9.59 Å². The number of carboxylic acid groups (broad SMARTS) is 1. The fraction of sp³-hybridized carbons (Fsp3) is 0.409. The van der Waals surface area contributed by atoms with Crippen molar-refractivity contribution in [1.82, 2.24) is 15.2 Å². The van der Waals surface area contributed by atoms with Gasteiger partial charge < -0.3 is 15.2 Å². The molecule has 3 rings (SSSR count). The molecule has 0 radical (unpaired) electrons. The van der Waals surface area contributed by atoms with Crippen LogP contribution in [0.1, 0.15) is 28.0 Å². The molecule has 1 amide bonds. The lowest BCUT2D eigenvalue weighted by atomic mass is 9.96. The Balaban J connectivity index is 1.59. The van der Waals surface area contributed by atoms with Gasteiger partial charge in [-0.25, -0.2) is 0 Å². The third-order valence-corrected chi connectivity index (χ3v) is 5.17. The zero-order valence-corrected chi connectivity index (χ0v) is 16.6. The van der Waals surface area contributed by atoms with Crippen molar-refractivity contribution < 1.29 is 19.4 Å². The summed E-state index contributed by atoms with van der Waals surface area (Å²) in [4.78, 5) is 29.7. The van der Waals surface area contributed by atoms with Crippen molar-refractivity contribution >= 4 is 11.9 Å². The third-order valence-electron chi connectivity index (χ3n) is 5.17. The fourth-order valence-electron chi connectivity index (χ4n) is 3.76. The number of aliphatic carboxylic acids is 1. The molecule has 2 heterocycles. The summed E-state index contributed by atoms with van der Waals surface area (Å²) in [6.45, 7) is 2.12. The lowest BCUT2D eigenvalue weighted by molar-refractivity contribution is -0.138. The van der Waals surface area contributed by atoms with E-state index in [-0.39, 0.29) is 12.5 Å². The van der Waals surface area contributed by atoms with Gasteiger partial charge in [0.05, 0.1) is 13.7 Å². The maximum absolute atomic E-state index is 12.6. The van der Waals surface area contributed by atoms with Gasteiger partial charge in [0, 0.05) is 37.0 Å². The van der Waals surface area contributed by atoms with Gasteiger partial charge in [-0.1, -0.05) is 6.07 Å². The molecule has 7 heteroatoms. The van der Waals surface area contributed by atoms with E-state index < -0.39 is 5.97 Å². The van der Waals surface area contributed by atoms with E-state index in [2.05, 4.69) is 10.3 Å². The molecule has 0 saturated carbocycles. The Morgan fingerprint density at radius 3 is 2.90 bits per heavy atom. The topological polar surface area (TPSA) is 91.8 Å². The van der Waals surface area contributed by atoms with Crippen LogP contribution in [0.3, 0.4) is 0 Å². The van der Waals surface area contributed by atoms with Gasteiger partial charge >= 0.3 is 5.97 Å². The molecule has 1 aromatic carbocycles. The minimum Gasteiger partial charge on any atom is -0.496 e. The molecule has 1 atom stereocenters. The SMILES string of the molecule is COc1ccc(C(=O)NCCc2ccccn2)cc1CC1CCN(CC(=O)O)C1. The first-order valence-corrected chi connectivity index (χ1v) is 9.84. The van der Waals surface area contributed by atoms with Crippen molar-refractivity contribution in [2.75, 3.05) is 33.3 Å². The van der Waals surface area contributed by atoms with E-state index in [1.165, 1.54) is 0 Å². The molecule has 2 aromatic rings. The molecule has 1 unspecified atom stereocenters. The molecule has 29 heavy (non-hydrogen) atoms. The number of aromatic nitrogens is 1. The van der Waals surface area contributed by atoms with Gasteiger partial charge in [0.2, 0.25) is 0 Å². The molecule has 154 valence electrons. The summed E-state index contributed by atoms with van der Waals surface area (Å²) in [6.07, 6.45) is 4.12. The average Bonchev–Trinajstić information content (AvgIpc) is 3.14. The van der Waals surface area contributed by atoms with Crippen molar-refractivity contribution in [2.45, 2.75) is 19.3 Å². The molecule has 1 aromatic heterocycles. The molecule has 1 aliphatic rings. The number of carboxylic acids is 1. The maximum atomic E-state index is 12.6. The molecular weight excluding hydrogens is 370 g/mol. The highest BCUT2D eigenvalue weighted by Gasteiger charge is 2.25. The van der Waals surface area contributed by atoms with E-state index in [1.54, 1.807) is 19.4 Å². The summed E-state index contributed by atoms with van der Waals surface area (Å²) in [5.74, 6) is 0.189. The van der Waals surface area contributed by atoms with Crippen LogP contribution in [-0.2, 0) is 17.6 Å². The van der Waals surface area contributed by atoms with Crippen molar-refractivity contribution in [2.24, 2.45) is 5.92 Å². The smallest absolute Gasteiger partial charge is 0.317 e. The second-order valence-electron chi connectivity index (χ2n) is 7.34. The number of nitrogens with one attached hydrogen (secondary N) is 1. The Bertz CT molecular complexity index is 841. The molecular formula is C22H27N3O4. The van der Waals surface area contributed by atoms with Crippen molar-refractivity contribution in [3.05, 3.63) is 59.4 Å². The molecule has 1 saturated heterocycles. The Morgan fingerprint density at radius 1 is 1.31 bits per heavy atom. The summed E-state index contributed by atoms with van der Waals surface area (Å²) in [7, 11) is 1.62. The zero-order chi connectivity index (χ0) is 20.6. The summed E-state index contributed by atoms with van der Waals surface area (Å²) >= 11 is 0. The van der Waals surface area contributed by atoms with Gasteiger partial charge in [-0.05, 0) is 61.2 Å². The Morgan fingerprint density at radius 2 is 2.17 bits per heavy atom. The number of methoxy groups -OCH3 is 1. The van der Waals surface area contributed by atoms with Crippen LogP contribution in [0.2, 0.25) is 0 Å². The second-order valence-corrected chi connectivity index (χ2v) is 7.34. The van der Waals surface area contributed by atoms with Crippen molar-refractivity contribution in [3.63, 3.8) is 0 Å². The highest BCUT2D eigenvalue weighted by atomic mass is 16.5. The van der Waals surface area contributed by atoms with Gasteiger partial charge in [-0.2, -0.15) is 0 Å². The summed E-state index contributed by atoms with van der Waals surface area (Å²) in [5, 5.41) is 11.9. The molecule has 0 aliphatic carbocycles. The molecule has 1 fully saturated rings. The van der Waals surface area contributed by atoms with Crippen LogP contribution in [0.5, 0.6) is 5.75 Å². The number of amides is 1. The van der Waals surface area contributed by atoms with E-state index in [0.29, 0.717) is 24.4 Å². The zero-order valence-electron chi connectivity index (χ0n) is 16.6. The lowest BCUT2D eigenvalue weighted by Crippen LogP contribution is -2.27. The number of rotatable bonds is 9. The van der Waals surface area contributed by atoms with Gasteiger partial charge in [0.25, 0.3) is 5.91 Å². The first kappa shape index (κ1) is 20.8. The van der Waals surface area contributed by atoms with Gasteiger partial charge in [-0.3, -0.25) is 19.5 Å². The van der Waals surface area contributed by atoms with Crippen LogP contribution < -0.4 is 10.1 Å². The number of carbonyl (C=O) groups is 2. The number of nitrogens with zero attached hydrogens (tertiary/aromatic N) is 2. The highest BCUT2D eigenvalue weighted by Crippen LogP contribution is 2.27. The van der Waals surface area contributed by atoms with Crippen molar-refractivity contribution in [1.29, 1.82) is 0 Å². The Kier molecular flexibility index (Phi) is 7.19. The summed E-state index contributed by atoms with van der Waals surface area (Å²) in [5.41, 5.74) is 2.52. The van der Waals surface area contributed by atoms with Crippen LogP contribution in [0.4, 0.5) is 0 Å². The standard InChI is InChI=1S/C22H27N3O4/c1-29-20-6-5-17(22(28)24-10-7-19-4-2-3-9-23-19)13-18(20)12-16-8-11-25(14-16)15-21(26)27/h2-6,9,13,16H,7-8,10-12,14-15H2,1H3,(H,24,28)(H,26,27). The predicted octanol–water partition coefficient (Wildman–Crippen LogP) is 2.01. The second kappa shape index (κ2) is 10.0. The highest BCUT2D eigenvalue weighted by molar-refractivity contribution is 5.94. The number of hydrogen-bond donors (Lipinski definition) is 2. The molecule has 2 N–H and O–H groups in total. The van der Waals surface area contributed by atoms with Crippen LogP contribution in [0, 0.1) is 5.92 Å². The first-order chi connectivity index (χ1) is 14.0. The predicted molar refractivity (Wildman–Crippen MR) is 109 cm³/mol. The molecule has 1 aliphatic heterocycles. The molecule has 0 bridgehead atoms. The third kappa shape index (κ3) is 6.02. The van der Waals surface area contributed by atoms with Crippen LogP contribution >= 0.6 is 0 Å². The van der Waals surface area contributed by atoms with Crippen LogP contribution in [0.25, 0.3) is 0 Å². The minimum atomic E-state index is -0.799. The Labute approximate surface area is 170 Å². The quantitative estimate of drug-likeness (QED) is 0.673. The number of benzene rings is 1. The average molecular weight is 397 g/mol. The van der Waals surface area contributed by atoms with E-state index in [4.69, 9.17) is 9.84 Å².